The highest BCUT2D eigenvalue weighted by atomic mass is 19.1. The Labute approximate surface area is 185 Å². The number of aromatic amines is 1. The Hall–Kier alpha value is -4.12. The third-order valence-corrected chi connectivity index (χ3v) is 5.65. The van der Waals surface area contributed by atoms with Crippen LogP contribution < -0.4 is 4.74 Å². The highest BCUT2D eigenvalue weighted by molar-refractivity contribution is 5.83. The van der Waals surface area contributed by atoms with Crippen molar-refractivity contribution < 1.29 is 14.2 Å². The van der Waals surface area contributed by atoms with Gasteiger partial charge in [-0.3, -0.25) is 0 Å². The molecule has 0 radical (unpaired) electrons. The summed E-state index contributed by atoms with van der Waals surface area (Å²) in [6.07, 6.45) is 0. The van der Waals surface area contributed by atoms with Crippen molar-refractivity contribution in [1.82, 2.24) is 9.97 Å². The summed E-state index contributed by atoms with van der Waals surface area (Å²) < 4.78 is 20.7. The zero-order chi connectivity index (χ0) is 22.2. The summed E-state index contributed by atoms with van der Waals surface area (Å²) in [6, 6.07) is 23.8. The molecule has 0 aliphatic rings. The first-order valence-electron chi connectivity index (χ1n) is 10.3. The molecule has 158 valence electrons. The van der Waals surface area contributed by atoms with Crippen LogP contribution in [0.1, 0.15) is 11.1 Å². The second-order valence-electron chi connectivity index (χ2n) is 7.83. The van der Waals surface area contributed by atoms with Crippen LogP contribution in [0.15, 0.2) is 78.9 Å². The minimum absolute atomic E-state index is 0.209. The van der Waals surface area contributed by atoms with Crippen LogP contribution in [-0.2, 0) is 0 Å². The first kappa shape index (κ1) is 19.8. The minimum atomic E-state index is -0.353. The van der Waals surface area contributed by atoms with Crippen LogP contribution in [0.4, 0.5) is 4.39 Å². The van der Waals surface area contributed by atoms with Crippen molar-refractivity contribution >= 4 is 11.0 Å². The molecule has 2 N–H and O–H groups in total. The van der Waals surface area contributed by atoms with E-state index in [1.165, 1.54) is 11.6 Å². The van der Waals surface area contributed by atoms with Gasteiger partial charge in [-0.05, 0) is 60.4 Å². The number of benzene rings is 4. The lowest BCUT2D eigenvalue weighted by atomic mass is 9.99. The molecule has 0 aliphatic heterocycles. The SMILES string of the molecule is Cc1ccc(Oc2nc3cc(-c4ccc(-c5ccccc5O)cc4)c(F)cc3[nH]2)cc1C. The lowest BCUT2D eigenvalue weighted by Crippen LogP contribution is -1.88. The van der Waals surface area contributed by atoms with Gasteiger partial charge >= 0.3 is 0 Å². The van der Waals surface area contributed by atoms with E-state index in [1.54, 1.807) is 18.2 Å². The number of H-pyrrole nitrogens is 1. The van der Waals surface area contributed by atoms with Gasteiger partial charge in [0.15, 0.2) is 0 Å². The maximum atomic E-state index is 14.9. The Bertz CT molecular complexity index is 1440. The Kier molecular flexibility index (Phi) is 4.86. The molecule has 0 unspecified atom stereocenters. The van der Waals surface area contributed by atoms with Crippen LogP contribution in [0.3, 0.4) is 0 Å². The van der Waals surface area contributed by atoms with Crippen molar-refractivity contribution in [2.24, 2.45) is 0 Å². The molecule has 4 nitrogen and oxygen atoms in total. The normalized spacial score (nSPS) is 11.1. The number of nitrogens with one attached hydrogen (secondary N) is 1. The summed E-state index contributed by atoms with van der Waals surface area (Å²) in [6.45, 7) is 4.06. The molecule has 0 amide bonds. The van der Waals surface area contributed by atoms with Crippen molar-refractivity contribution in [2.75, 3.05) is 0 Å². The molecule has 0 atom stereocenters. The number of aryl methyl sites for hydroxylation is 2. The average molecular weight is 424 g/mol. The summed E-state index contributed by atoms with van der Waals surface area (Å²) in [5.41, 5.74) is 6.25. The van der Waals surface area contributed by atoms with Crippen LogP contribution in [0, 0.1) is 19.7 Å². The first-order chi connectivity index (χ1) is 15.5. The van der Waals surface area contributed by atoms with Crippen molar-refractivity contribution in [1.29, 1.82) is 0 Å². The van der Waals surface area contributed by atoms with Gasteiger partial charge in [0, 0.05) is 17.2 Å². The summed E-state index contributed by atoms with van der Waals surface area (Å²) in [4.78, 5) is 7.52. The molecule has 0 fully saturated rings. The smallest absolute Gasteiger partial charge is 0.300 e. The molecule has 5 rings (SSSR count). The Morgan fingerprint density at radius 2 is 1.53 bits per heavy atom. The highest BCUT2D eigenvalue weighted by Crippen LogP contribution is 2.33. The first-order valence-corrected chi connectivity index (χ1v) is 10.3. The van der Waals surface area contributed by atoms with E-state index in [-0.39, 0.29) is 11.6 Å². The molecule has 1 aromatic heterocycles. The maximum Gasteiger partial charge on any atom is 0.300 e. The second-order valence-corrected chi connectivity index (χ2v) is 7.83. The Morgan fingerprint density at radius 3 is 2.25 bits per heavy atom. The van der Waals surface area contributed by atoms with Gasteiger partial charge < -0.3 is 14.8 Å². The number of rotatable bonds is 4. The molecule has 0 saturated carbocycles. The van der Waals surface area contributed by atoms with Crippen molar-refractivity contribution in [3.63, 3.8) is 0 Å². The molecule has 5 heteroatoms. The second kappa shape index (κ2) is 7.85. The van der Waals surface area contributed by atoms with E-state index in [2.05, 4.69) is 9.97 Å². The van der Waals surface area contributed by atoms with Crippen LogP contribution in [0.25, 0.3) is 33.3 Å². The highest BCUT2D eigenvalue weighted by Gasteiger charge is 2.13. The molecule has 5 aromatic rings. The summed E-state index contributed by atoms with van der Waals surface area (Å²) in [7, 11) is 0. The lowest BCUT2D eigenvalue weighted by Gasteiger charge is -2.07. The largest absolute Gasteiger partial charge is 0.507 e. The van der Waals surface area contributed by atoms with Gasteiger partial charge in [0.25, 0.3) is 6.01 Å². The van der Waals surface area contributed by atoms with Gasteiger partial charge in [-0.15, -0.1) is 0 Å². The number of fused-ring (bicyclic) bond motifs is 1. The van der Waals surface area contributed by atoms with E-state index in [0.717, 1.165) is 22.3 Å². The number of phenolic OH excluding ortho intramolecular Hbond substituents is 1. The van der Waals surface area contributed by atoms with Gasteiger partial charge in [0.05, 0.1) is 11.0 Å². The summed E-state index contributed by atoms with van der Waals surface area (Å²) in [5, 5.41) is 10.1. The van der Waals surface area contributed by atoms with Crippen LogP contribution in [0.5, 0.6) is 17.5 Å². The summed E-state index contributed by atoms with van der Waals surface area (Å²) >= 11 is 0. The Morgan fingerprint density at radius 1 is 0.812 bits per heavy atom. The number of hydrogen-bond acceptors (Lipinski definition) is 3. The van der Waals surface area contributed by atoms with Gasteiger partial charge in [-0.25, -0.2) is 4.39 Å². The number of phenols is 1. The van der Waals surface area contributed by atoms with E-state index < -0.39 is 0 Å². The van der Waals surface area contributed by atoms with E-state index in [4.69, 9.17) is 4.74 Å². The van der Waals surface area contributed by atoms with Crippen molar-refractivity contribution in [3.05, 3.63) is 95.8 Å². The fourth-order valence-corrected chi connectivity index (χ4v) is 3.71. The zero-order valence-corrected chi connectivity index (χ0v) is 17.7. The molecular weight excluding hydrogens is 403 g/mol. The standard InChI is InChI=1S/C27H21FN2O2/c1-16-7-12-20(13-17(16)2)32-27-29-24-14-22(23(28)15-25(24)30-27)19-10-8-18(9-11-19)21-5-3-4-6-26(21)31/h3-15,31H,1-2H3,(H,29,30). The number of aromatic nitrogens is 2. The average Bonchev–Trinajstić information content (AvgIpc) is 3.17. The van der Waals surface area contributed by atoms with Gasteiger partial charge in [0.2, 0.25) is 0 Å². The molecular formula is C27H21FN2O2. The third-order valence-electron chi connectivity index (χ3n) is 5.65. The molecule has 0 spiro atoms. The number of imidazole rings is 1. The van der Waals surface area contributed by atoms with E-state index in [1.807, 2.05) is 68.4 Å². The number of ether oxygens (including phenoxy) is 1. The topological polar surface area (TPSA) is 58.1 Å². The number of aromatic hydroxyl groups is 1. The summed E-state index contributed by atoms with van der Waals surface area (Å²) in [5.74, 6) is 0.530. The van der Waals surface area contributed by atoms with Crippen LogP contribution in [-0.4, -0.2) is 15.1 Å². The molecule has 4 aromatic carbocycles. The Balaban J connectivity index is 1.46. The van der Waals surface area contributed by atoms with Gasteiger partial charge in [0.1, 0.15) is 17.3 Å². The van der Waals surface area contributed by atoms with Crippen molar-refractivity contribution in [2.45, 2.75) is 13.8 Å². The van der Waals surface area contributed by atoms with E-state index in [0.29, 0.717) is 28.4 Å². The molecule has 0 saturated heterocycles. The molecule has 32 heavy (non-hydrogen) atoms. The van der Waals surface area contributed by atoms with E-state index >= 15 is 0 Å². The van der Waals surface area contributed by atoms with Crippen LogP contribution in [0.2, 0.25) is 0 Å². The third kappa shape index (κ3) is 3.69. The molecule has 1 heterocycles. The molecule has 0 bridgehead atoms. The number of halogens is 1. The predicted octanol–water partition coefficient (Wildman–Crippen LogP) is 7.15. The quantitative estimate of drug-likeness (QED) is 0.322. The maximum absolute atomic E-state index is 14.9. The monoisotopic (exact) mass is 424 g/mol. The van der Waals surface area contributed by atoms with Gasteiger partial charge in [-0.1, -0.05) is 48.5 Å². The fourth-order valence-electron chi connectivity index (χ4n) is 3.71. The molecule has 0 aliphatic carbocycles. The number of hydrogen-bond donors (Lipinski definition) is 2. The lowest BCUT2D eigenvalue weighted by molar-refractivity contribution is 0.449. The number of para-hydroxylation sites is 1. The van der Waals surface area contributed by atoms with Gasteiger partial charge in [-0.2, -0.15) is 4.98 Å². The van der Waals surface area contributed by atoms with Crippen molar-refractivity contribution in [3.8, 4) is 39.8 Å². The van der Waals surface area contributed by atoms with Crippen LogP contribution >= 0.6 is 0 Å². The predicted molar refractivity (Wildman–Crippen MR) is 125 cm³/mol. The number of nitrogens with zero attached hydrogens (tertiary/aromatic N) is 1. The van der Waals surface area contributed by atoms with E-state index in [9.17, 15) is 9.50 Å². The zero-order valence-electron chi connectivity index (χ0n) is 17.7. The fraction of sp³-hybridized carbons (Fsp3) is 0.0741. The minimum Gasteiger partial charge on any atom is -0.507 e.